The average molecular weight is 738 g/mol. The number of hydrogen-bond acceptors (Lipinski definition) is 6. The molecule has 6 rings (SSSR count). The van der Waals surface area contributed by atoms with Crippen LogP contribution in [-0.4, -0.2) is 48.2 Å². The van der Waals surface area contributed by atoms with Crippen LogP contribution in [0.15, 0.2) is 54.6 Å². The van der Waals surface area contributed by atoms with Crippen molar-refractivity contribution in [3.8, 4) is 28.1 Å². The van der Waals surface area contributed by atoms with Crippen molar-refractivity contribution in [3.63, 3.8) is 0 Å². The van der Waals surface area contributed by atoms with Crippen LogP contribution in [0.4, 0.5) is 13.2 Å². The van der Waals surface area contributed by atoms with Crippen LogP contribution in [0.3, 0.4) is 0 Å². The van der Waals surface area contributed by atoms with Crippen molar-refractivity contribution in [2.75, 3.05) is 13.1 Å². The lowest BCUT2D eigenvalue weighted by molar-refractivity contribution is -0.137. The van der Waals surface area contributed by atoms with Crippen LogP contribution in [0.1, 0.15) is 64.2 Å². The molecule has 0 bridgehead atoms. The van der Waals surface area contributed by atoms with Gasteiger partial charge in [-0.05, 0) is 80.3 Å². The zero-order chi connectivity index (χ0) is 34.1. The standard InChI is InChI=1S/C32H29Cl2F3N6O3S2/c33-22-9-14-27(26(34)18-22)43-30(28-15-13-24(47-28)12-6-20-4-7-21(8-5-20)32(35,36)37)25(19-38-48(45,46)41-23-10-11-23)29(39-43)31(44)40-42-16-2-1-3-17-42/h4-5,7-9,13-15,18,23,38,41H,1-3,10-11,16-17,19H2,(H,40,44). The van der Waals surface area contributed by atoms with Gasteiger partial charge < -0.3 is 0 Å². The molecule has 1 aliphatic heterocycles. The van der Waals surface area contributed by atoms with Gasteiger partial charge in [-0.2, -0.15) is 36.1 Å². The molecule has 3 N–H and O–H groups in total. The number of aromatic nitrogens is 2. The Bertz CT molecular complexity index is 1990. The van der Waals surface area contributed by atoms with Gasteiger partial charge in [-0.3, -0.25) is 10.2 Å². The van der Waals surface area contributed by atoms with E-state index in [1.165, 1.54) is 34.2 Å². The molecular weight excluding hydrogens is 708 g/mol. The largest absolute Gasteiger partial charge is 0.416 e. The van der Waals surface area contributed by atoms with Gasteiger partial charge in [0, 0.05) is 41.8 Å². The van der Waals surface area contributed by atoms with Crippen molar-refractivity contribution in [3.05, 3.63) is 91.9 Å². The lowest BCUT2D eigenvalue weighted by Crippen LogP contribution is -2.45. The third-order valence-corrected chi connectivity index (χ3v) is 10.4. The minimum absolute atomic E-state index is 0.00139. The van der Waals surface area contributed by atoms with Gasteiger partial charge in [0.2, 0.25) is 0 Å². The monoisotopic (exact) mass is 736 g/mol. The minimum Gasteiger partial charge on any atom is -0.283 e. The summed E-state index contributed by atoms with van der Waals surface area (Å²) in [6, 6.07) is 12.7. The topological polar surface area (TPSA) is 108 Å². The van der Waals surface area contributed by atoms with Gasteiger partial charge >= 0.3 is 6.18 Å². The normalized spacial score (nSPS) is 15.6. The predicted molar refractivity (Wildman–Crippen MR) is 179 cm³/mol. The van der Waals surface area contributed by atoms with Gasteiger partial charge in [0.15, 0.2) is 5.69 Å². The van der Waals surface area contributed by atoms with E-state index in [9.17, 15) is 26.4 Å². The maximum atomic E-state index is 13.8. The zero-order valence-electron chi connectivity index (χ0n) is 25.2. The molecule has 0 spiro atoms. The Hall–Kier alpha value is -3.42. The molecule has 0 radical (unpaired) electrons. The molecule has 1 amide bonds. The molecular formula is C32H29Cl2F3N6O3S2. The maximum Gasteiger partial charge on any atom is 0.416 e. The summed E-state index contributed by atoms with van der Waals surface area (Å²) in [6.45, 7) is 1.07. The predicted octanol–water partition coefficient (Wildman–Crippen LogP) is 6.54. The number of halogens is 5. The van der Waals surface area contributed by atoms with Gasteiger partial charge in [0.05, 0.1) is 31.7 Å². The van der Waals surface area contributed by atoms with Crippen LogP contribution >= 0.6 is 34.5 Å². The first-order chi connectivity index (χ1) is 22.9. The third-order valence-electron chi connectivity index (χ3n) is 7.67. The Labute approximate surface area is 289 Å². The second-order valence-electron chi connectivity index (χ2n) is 11.4. The highest BCUT2D eigenvalue weighted by molar-refractivity contribution is 7.87. The Morgan fingerprint density at radius 1 is 1.00 bits per heavy atom. The van der Waals surface area contributed by atoms with Gasteiger partial charge in [-0.1, -0.05) is 41.5 Å². The van der Waals surface area contributed by atoms with Crippen LogP contribution in [0.25, 0.3) is 16.3 Å². The number of amides is 1. The minimum atomic E-state index is -4.45. The lowest BCUT2D eigenvalue weighted by atomic mass is 10.1. The van der Waals surface area contributed by atoms with Crippen molar-refractivity contribution in [2.45, 2.75) is 50.9 Å². The molecule has 0 unspecified atom stereocenters. The van der Waals surface area contributed by atoms with Crippen LogP contribution in [0.5, 0.6) is 0 Å². The molecule has 4 aromatic rings. The molecule has 3 heterocycles. The Kier molecular flexibility index (Phi) is 10.2. The quantitative estimate of drug-likeness (QED) is 0.169. The van der Waals surface area contributed by atoms with Crippen molar-refractivity contribution in [2.24, 2.45) is 0 Å². The Morgan fingerprint density at radius 3 is 2.40 bits per heavy atom. The molecule has 1 saturated heterocycles. The number of nitrogens with one attached hydrogen (secondary N) is 3. The molecule has 2 aromatic heterocycles. The van der Waals surface area contributed by atoms with Gasteiger partial charge in [0.1, 0.15) is 0 Å². The number of hydrogen-bond donors (Lipinski definition) is 3. The van der Waals surface area contributed by atoms with Crippen molar-refractivity contribution < 1.29 is 26.4 Å². The SMILES string of the molecule is O=C(NN1CCCCC1)c1nn(-c2ccc(Cl)cc2Cl)c(-c2ccc(C#Cc3ccc(C(F)(F)F)cc3)s2)c1CNS(=O)(=O)NC1CC1. The summed E-state index contributed by atoms with van der Waals surface area (Å²) in [5.41, 5.74) is 3.66. The molecule has 1 aliphatic carbocycles. The Balaban J connectivity index is 1.42. The number of alkyl halides is 3. The second-order valence-corrected chi connectivity index (χ2v) is 14.8. The molecule has 252 valence electrons. The number of benzene rings is 2. The average Bonchev–Trinajstić information content (AvgIpc) is 3.57. The molecule has 2 fully saturated rings. The maximum absolute atomic E-state index is 13.8. The lowest BCUT2D eigenvalue weighted by Gasteiger charge is -2.26. The molecule has 2 aromatic carbocycles. The van der Waals surface area contributed by atoms with Crippen LogP contribution < -0.4 is 14.9 Å². The van der Waals surface area contributed by atoms with E-state index in [2.05, 4.69) is 26.7 Å². The molecule has 16 heteroatoms. The smallest absolute Gasteiger partial charge is 0.283 e. The Morgan fingerprint density at radius 2 is 1.73 bits per heavy atom. The van der Waals surface area contributed by atoms with E-state index < -0.39 is 27.9 Å². The summed E-state index contributed by atoms with van der Waals surface area (Å²) in [5, 5.41) is 7.15. The first-order valence-corrected chi connectivity index (χ1v) is 18.1. The summed E-state index contributed by atoms with van der Waals surface area (Å²) in [6.07, 6.45) is -0.0590. The van der Waals surface area contributed by atoms with Crippen molar-refractivity contribution in [1.82, 2.24) is 29.7 Å². The number of nitrogens with zero attached hydrogens (tertiary/aromatic N) is 3. The van der Waals surface area contributed by atoms with Crippen molar-refractivity contribution >= 4 is 50.7 Å². The van der Waals surface area contributed by atoms with Gasteiger partial charge in [-0.15, -0.1) is 11.3 Å². The van der Waals surface area contributed by atoms with Crippen molar-refractivity contribution in [1.29, 1.82) is 0 Å². The van der Waals surface area contributed by atoms with Crippen LogP contribution in [0, 0.1) is 11.8 Å². The van der Waals surface area contributed by atoms with Gasteiger partial charge in [0.25, 0.3) is 16.1 Å². The fraction of sp³-hybridized carbons (Fsp3) is 0.312. The summed E-state index contributed by atoms with van der Waals surface area (Å²) < 4.78 is 71.4. The second kappa shape index (κ2) is 14.2. The zero-order valence-corrected chi connectivity index (χ0v) is 28.3. The fourth-order valence-corrected chi connectivity index (χ4v) is 7.62. The number of carbonyl (C=O) groups is 1. The summed E-state index contributed by atoms with van der Waals surface area (Å²) >= 11 is 14.1. The number of piperidine rings is 1. The number of thiophene rings is 1. The highest BCUT2D eigenvalue weighted by atomic mass is 35.5. The number of rotatable bonds is 9. The van der Waals surface area contributed by atoms with E-state index >= 15 is 0 Å². The molecule has 48 heavy (non-hydrogen) atoms. The van der Waals surface area contributed by atoms with E-state index in [0.29, 0.717) is 50.4 Å². The molecule has 1 saturated carbocycles. The number of carbonyl (C=O) groups excluding carboxylic acids is 1. The van der Waals surface area contributed by atoms with E-state index in [-0.39, 0.29) is 23.3 Å². The van der Waals surface area contributed by atoms with E-state index in [4.69, 9.17) is 28.3 Å². The van der Waals surface area contributed by atoms with Gasteiger partial charge in [-0.25, -0.2) is 9.69 Å². The first-order valence-electron chi connectivity index (χ1n) is 15.1. The summed E-state index contributed by atoms with van der Waals surface area (Å²) in [5.74, 6) is 5.36. The highest BCUT2D eigenvalue weighted by Crippen LogP contribution is 2.37. The summed E-state index contributed by atoms with van der Waals surface area (Å²) in [4.78, 5) is 15.0. The van der Waals surface area contributed by atoms with Crippen LogP contribution in [0.2, 0.25) is 10.0 Å². The molecule has 2 aliphatic rings. The van der Waals surface area contributed by atoms with E-state index in [0.717, 1.165) is 44.2 Å². The number of hydrazine groups is 1. The van der Waals surface area contributed by atoms with Crippen LogP contribution in [-0.2, 0) is 22.9 Å². The third kappa shape index (κ3) is 8.41. The fourth-order valence-electron chi connectivity index (χ4n) is 5.12. The summed E-state index contributed by atoms with van der Waals surface area (Å²) in [7, 11) is -3.91. The highest BCUT2D eigenvalue weighted by Gasteiger charge is 2.31. The van der Waals surface area contributed by atoms with E-state index in [1.54, 1.807) is 24.3 Å². The van der Waals surface area contributed by atoms with E-state index in [1.807, 2.05) is 5.01 Å². The first kappa shape index (κ1) is 34.4. The molecule has 9 nitrogen and oxygen atoms in total. The molecule has 0 atom stereocenters.